The Balaban J connectivity index is 2.73. The van der Waals surface area contributed by atoms with Gasteiger partial charge in [0, 0.05) is 0 Å². The molecule has 1 aromatic rings. The summed E-state index contributed by atoms with van der Waals surface area (Å²) in [5.74, 6) is -1.51. The average molecular weight is 301 g/mol. The van der Waals surface area contributed by atoms with Crippen molar-refractivity contribution in [2.75, 3.05) is 0 Å². The molecule has 0 saturated carbocycles. The Kier molecular flexibility index (Phi) is 5.09. The SMILES string of the molecule is CCC[C@H](NC(=O)c1cccc(Br)n1)C(=O)O. The molecule has 0 radical (unpaired) electrons. The summed E-state index contributed by atoms with van der Waals surface area (Å²) in [4.78, 5) is 26.6. The Bertz CT molecular complexity index is 423. The maximum atomic E-state index is 11.7. The summed E-state index contributed by atoms with van der Waals surface area (Å²) in [6.45, 7) is 1.86. The molecule has 0 aliphatic carbocycles. The van der Waals surface area contributed by atoms with E-state index >= 15 is 0 Å². The van der Waals surface area contributed by atoms with E-state index in [-0.39, 0.29) is 5.69 Å². The first-order valence-electron chi connectivity index (χ1n) is 5.20. The molecule has 1 atom stereocenters. The van der Waals surface area contributed by atoms with Gasteiger partial charge in [-0.05, 0) is 34.5 Å². The summed E-state index contributed by atoms with van der Waals surface area (Å²) in [6, 6.07) is 4.03. The molecule has 92 valence electrons. The predicted molar refractivity (Wildman–Crippen MR) is 65.7 cm³/mol. The van der Waals surface area contributed by atoms with Gasteiger partial charge in [-0.1, -0.05) is 19.4 Å². The normalized spacial score (nSPS) is 11.9. The van der Waals surface area contributed by atoms with Crippen LogP contribution in [0.2, 0.25) is 0 Å². The molecule has 0 aliphatic rings. The molecule has 0 bridgehead atoms. The van der Waals surface area contributed by atoms with Crippen LogP contribution in [-0.2, 0) is 4.79 Å². The Morgan fingerprint density at radius 1 is 1.53 bits per heavy atom. The van der Waals surface area contributed by atoms with E-state index in [1.165, 1.54) is 6.07 Å². The van der Waals surface area contributed by atoms with Gasteiger partial charge in [0.2, 0.25) is 0 Å². The summed E-state index contributed by atoms with van der Waals surface area (Å²) >= 11 is 3.15. The van der Waals surface area contributed by atoms with Crippen LogP contribution in [0.4, 0.5) is 0 Å². The van der Waals surface area contributed by atoms with Crippen molar-refractivity contribution in [1.82, 2.24) is 10.3 Å². The highest BCUT2D eigenvalue weighted by Gasteiger charge is 2.20. The number of pyridine rings is 1. The van der Waals surface area contributed by atoms with E-state index in [2.05, 4.69) is 26.2 Å². The smallest absolute Gasteiger partial charge is 0.326 e. The van der Waals surface area contributed by atoms with Crippen molar-refractivity contribution in [2.24, 2.45) is 0 Å². The van der Waals surface area contributed by atoms with Gasteiger partial charge in [-0.2, -0.15) is 0 Å². The van der Waals surface area contributed by atoms with Crippen LogP contribution >= 0.6 is 15.9 Å². The fourth-order valence-electron chi connectivity index (χ4n) is 1.31. The van der Waals surface area contributed by atoms with E-state index in [0.717, 1.165) is 0 Å². The minimum Gasteiger partial charge on any atom is -0.480 e. The number of carboxylic acids is 1. The third-order valence-electron chi connectivity index (χ3n) is 2.13. The lowest BCUT2D eigenvalue weighted by Crippen LogP contribution is -2.40. The third-order valence-corrected chi connectivity index (χ3v) is 2.57. The number of halogens is 1. The third kappa shape index (κ3) is 4.14. The van der Waals surface area contributed by atoms with Crippen LogP contribution in [0.5, 0.6) is 0 Å². The molecule has 1 rings (SSSR count). The number of hydrogen-bond acceptors (Lipinski definition) is 3. The number of carbonyl (C=O) groups is 2. The van der Waals surface area contributed by atoms with Crippen LogP contribution in [0.15, 0.2) is 22.8 Å². The van der Waals surface area contributed by atoms with Crippen molar-refractivity contribution in [3.63, 3.8) is 0 Å². The average Bonchev–Trinajstić information content (AvgIpc) is 2.28. The quantitative estimate of drug-likeness (QED) is 0.813. The molecule has 0 fully saturated rings. The van der Waals surface area contributed by atoms with Crippen molar-refractivity contribution >= 4 is 27.8 Å². The minimum atomic E-state index is -1.03. The fraction of sp³-hybridized carbons (Fsp3) is 0.364. The van der Waals surface area contributed by atoms with Crippen molar-refractivity contribution in [1.29, 1.82) is 0 Å². The lowest BCUT2D eigenvalue weighted by Gasteiger charge is -2.12. The Hall–Kier alpha value is -1.43. The first kappa shape index (κ1) is 13.6. The van der Waals surface area contributed by atoms with E-state index < -0.39 is 17.9 Å². The number of nitrogens with one attached hydrogen (secondary N) is 1. The number of amides is 1. The zero-order valence-corrected chi connectivity index (χ0v) is 10.9. The minimum absolute atomic E-state index is 0.196. The van der Waals surface area contributed by atoms with Gasteiger partial charge in [0.05, 0.1) is 0 Å². The van der Waals surface area contributed by atoms with E-state index in [1.807, 2.05) is 6.92 Å². The first-order valence-corrected chi connectivity index (χ1v) is 6.00. The molecular weight excluding hydrogens is 288 g/mol. The summed E-state index contributed by atoms with van der Waals surface area (Å²) < 4.78 is 0.535. The highest BCUT2D eigenvalue weighted by Crippen LogP contribution is 2.07. The number of hydrogen-bond donors (Lipinski definition) is 2. The molecule has 0 aliphatic heterocycles. The van der Waals surface area contributed by atoms with Crippen LogP contribution in [0.3, 0.4) is 0 Å². The standard InChI is InChI=1S/C11H13BrN2O3/c1-2-4-8(11(16)17)14-10(15)7-5-3-6-9(12)13-7/h3,5-6,8H,2,4H2,1H3,(H,14,15)(H,16,17)/t8-/m0/s1. The largest absolute Gasteiger partial charge is 0.480 e. The molecule has 0 aromatic carbocycles. The highest BCUT2D eigenvalue weighted by atomic mass is 79.9. The maximum absolute atomic E-state index is 11.7. The molecule has 0 saturated heterocycles. The summed E-state index contributed by atoms with van der Waals surface area (Å²) in [5.41, 5.74) is 0.196. The number of nitrogens with zero attached hydrogens (tertiary/aromatic N) is 1. The Morgan fingerprint density at radius 3 is 2.76 bits per heavy atom. The highest BCUT2D eigenvalue weighted by molar-refractivity contribution is 9.10. The van der Waals surface area contributed by atoms with E-state index in [9.17, 15) is 9.59 Å². The molecule has 0 unspecified atom stereocenters. The van der Waals surface area contributed by atoms with Gasteiger partial charge in [-0.3, -0.25) is 4.79 Å². The second-order valence-electron chi connectivity index (χ2n) is 3.50. The first-order chi connectivity index (χ1) is 8.04. The second kappa shape index (κ2) is 6.34. The Morgan fingerprint density at radius 2 is 2.24 bits per heavy atom. The molecule has 5 nitrogen and oxygen atoms in total. The van der Waals surface area contributed by atoms with E-state index in [1.54, 1.807) is 12.1 Å². The second-order valence-corrected chi connectivity index (χ2v) is 4.31. The van der Waals surface area contributed by atoms with Crippen molar-refractivity contribution in [2.45, 2.75) is 25.8 Å². The van der Waals surface area contributed by atoms with E-state index in [0.29, 0.717) is 17.4 Å². The van der Waals surface area contributed by atoms with Crippen molar-refractivity contribution in [3.05, 3.63) is 28.5 Å². The van der Waals surface area contributed by atoms with E-state index in [4.69, 9.17) is 5.11 Å². The van der Waals surface area contributed by atoms with Crippen LogP contribution in [0.1, 0.15) is 30.3 Å². The number of aliphatic carboxylic acids is 1. The zero-order chi connectivity index (χ0) is 12.8. The van der Waals surface area contributed by atoms with Crippen molar-refractivity contribution < 1.29 is 14.7 Å². The zero-order valence-electron chi connectivity index (χ0n) is 9.31. The number of carboxylic acid groups (broad SMARTS) is 1. The summed E-state index contributed by atoms with van der Waals surface area (Å²) in [6.07, 6.45) is 1.08. The van der Waals surface area contributed by atoms with Gasteiger partial charge in [-0.15, -0.1) is 0 Å². The molecule has 1 heterocycles. The number of aromatic nitrogens is 1. The molecule has 2 N–H and O–H groups in total. The fourth-order valence-corrected chi connectivity index (χ4v) is 1.66. The Labute approximate surface area is 107 Å². The molecule has 6 heteroatoms. The lowest BCUT2D eigenvalue weighted by atomic mass is 10.1. The van der Waals surface area contributed by atoms with Crippen LogP contribution < -0.4 is 5.32 Å². The molecular formula is C11H13BrN2O3. The number of carbonyl (C=O) groups excluding carboxylic acids is 1. The van der Waals surface area contributed by atoms with Gasteiger partial charge in [0.25, 0.3) is 5.91 Å². The van der Waals surface area contributed by atoms with Crippen LogP contribution in [0.25, 0.3) is 0 Å². The molecule has 0 spiro atoms. The van der Waals surface area contributed by atoms with Crippen LogP contribution in [-0.4, -0.2) is 28.0 Å². The van der Waals surface area contributed by atoms with Gasteiger partial charge in [0.15, 0.2) is 0 Å². The topological polar surface area (TPSA) is 79.3 Å². The summed E-state index contributed by atoms with van der Waals surface area (Å²) in [7, 11) is 0. The maximum Gasteiger partial charge on any atom is 0.326 e. The molecule has 17 heavy (non-hydrogen) atoms. The lowest BCUT2D eigenvalue weighted by molar-refractivity contribution is -0.139. The van der Waals surface area contributed by atoms with Gasteiger partial charge < -0.3 is 10.4 Å². The summed E-state index contributed by atoms with van der Waals surface area (Å²) in [5, 5.41) is 11.3. The monoisotopic (exact) mass is 300 g/mol. The van der Waals surface area contributed by atoms with Crippen LogP contribution in [0, 0.1) is 0 Å². The predicted octanol–water partition coefficient (Wildman–Crippen LogP) is 1.83. The van der Waals surface area contributed by atoms with Gasteiger partial charge in [0.1, 0.15) is 16.3 Å². The molecule has 1 aromatic heterocycles. The van der Waals surface area contributed by atoms with Gasteiger partial charge in [-0.25, -0.2) is 9.78 Å². The molecule has 1 amide bonds. The van der Waals surface area contributed by atoms with Gasteiger partial charge >= 0.3 is 5.97 Å². The number of rotatable bonds is 5. The van der Waals surface area contributed by atoms with Crippen molar-refractivity contribution in [3.8, 4) is 0 Å².